The van der Waals surface area contributed by atoms with Crippen molar-refractivity contribution >= 4 is 11.5 Å². The highest BCUT2D eigenvalue weighted by Gasteiger charge is 2.40. The summed E-state index contributed by atoms with van der Waals surface area (Å²) in [6, 6.07) is 8.38. The number of nitro benzene ring substituents is 1. The van der Waals surface area contributed by atoms with Gasteiger partial charge < -0.3 is 5.32 Å². The molecule has 1 aromatic carbocycles. The van der Waals surface area contributed by atoms with E-state index in [1.165, 1.54) is 12.1 Å². The molecular weight excluding hydrogens is 294 g/mol. The van der Waals surface area contributed by atoms with E-state index in [9.17, 15) is 20.2 Å². The molecule has 1 N–H and O–H groups in total. The third-order valence-electron chi connectivity index (χ3n) is 4.38. The molecule has 2 unspecified atom stereocenters. The second kappa shape index (κ2) is 5.69. The predicted molar refractivity (Wildman–Crippen MR) is 83.1 cm³/mol. The van der Waals surface area contributed by atoms with Crippen LogP contribution in [0.5, 0.6) is 0 Å². The van der Waals surface area contributed by atoms with Gasteiger partial charge in [0.2, 0.25) is 0 Å². The van der Waals surface area contributed by atoms with Gasteiger partial charge in [-0.05, 0) is 18.9 Å². The molecule has 0 spiro atoms. The molecule has 1 aliphatic heterocycles. The second-order valence-corrected chi connectivity index (χ2v) is 5.75. The molecule has 0 fully saturated rings. The van der Waals surface area contributed by atoms with Gasteiger partial charge in [0, 0.05) is 35.9 Å². The molecule has 2 aliphatic rings. The zero-order valence-electron chi connectivity index (χ0n) is 12.6. The van der Waals surface area contributed by atoms with Gasteiger partial charge in [-0.1, -0.05) is 18.2 Å². The van der Waals surface area contributed by atoms with Crippen molar-refractivity contribution in [3.8, 4) is 6.07 Å². The Labute approximate surface area is 133 Å². The van der Waals surface area contributed by atoms with Crippen molar-refractivity contribution in [1.29, 1.82) is 5.26 Å². The van der Waals surface area contributed by atoms with Crippen LogP contribution in [0.25, 0.3) is 0 Å². The van der Waals surface area contributed by atoms with E-state index in [-0.39, 0.29) is 11.5 Å². The molecule has 6 nitrogen and oxygen atoms in total. The fourth-order valence-corrected chi connectivity index (χ4v) is 3.35. The number of Topliss-reactive ketones (excluding diaryl/α,β-unsaturated/α-hetero) is 1. The van der Waals surface area contributed by atoms with Gasteiger partial charge in [-0.2, -0.15) is 5.26 Å². The fourth-order valence-electron chi connectivity index (χ4n) is 3.35. The van der Waals surface area contributed by atoms with Gasteiger partial charge in [-0.15, -0.1) is 0 Å². The van der Waals surface area contributed by atoms with E-state index in [1.807, 2.05) is 6.08 Å². The van der Waals surface area contributed by atoms with Crippen molar-refractivity contribution in [1.82, 2.24) is 5.32 Å². The molecule has 1 heterocycles. The quantitative estimate of drug-likeness (QED) is 0.669. The number of benzene rings is 1. The Kier molecular flexibility index (Phi) is 3.70. The van der Waals surface area contributed by atoms with Gasteiger partial charge in [-0.3, -0.25) is 14.9 Å². The van der Waals surface area contributed by atoms with Gasteiger partial charge in [0.05, 0.1) is 22.5 Å². The number of non-ortho nitro benzene ring substituents is 1. The standard InChI is InChI=1S/C17H15N3O3/c1-10-13(9-18)16(11-4-2-5-12(8-11)20(22)23)17-14(19-10)6-3-7-15(17)21/h2,4-6,8,16-17,19H,3,7H2,1H3. The van der Waals surface area contributed by atoms with Crippen molar-refractivity contribution in [2.75, 3.05) is 0 Å². The molecule has 0 amide bonds. The number of carbonyl (C=O) groups excluding carboxylic acids is 1. The number of nitrogens with zero attached hydrogens (tertiary/aromatic N) is 2. The zero-order chi connectivity index (χ0) is 16.6. The van der Waals surface area contributed by atoms with Crippen LogP contribution in [0.4, 0.5) is 5.69 Å². The fraction of sp³-hybridized carbons (Fsp3) is 0.294. The summed E-state index contributed by atoms with van der Waals surface area (Å²) in [4.78, 5) is 23.0. The number of ketones is 1. The minimum absolute atomic E-state index is 0.0373. The van der Waals surface area contributed by atoms with Crippen molar-refractivity contribution in [2.45, 2.75) is 25.7 Å². The van der Waals surface area contributed by atoms with Crippen LogP contribution in [0.3, 0.4) is 0 Å². The summed E-state index contributed by atoms with van der Waals surface area (Å²) in [6.45, 7) is 1.79. The number of nitrogens with one attached hydrogen (secondary N) is 1. The van der Waals surface area contributed by atoms with Crippen LogP contribution in [0, 0.1) is 27.4 Å². The Bertz CT molecular complexity index is 802. The lowest BCUT2D eigenvalue weighted by atomic mass is 9.71. The van der Waals surface area contributed by atoms with Gasteiger partial charge in [0.25, 0.3) is 5.69 Å². The Hall–Kier alpha value is -2.94. The van der Waals surface area contributed by atoms with Crippen LogP contribution >= 0.6 is 0 Å². The first-order chi connectivity index (χ1) is 11.0. The van der Waals surface area contributed by atoms with Crippen molar-refractivity contribution in [3.05, 3.63) is 63.0 Å². The van der Waals surface area contributed by atoms with E-state index in [4.69, 9.17) is 0 Å². The summed E-state index contributed by atoms with van der Waals surface area (Å²) in [5, 5.41) is 23.7. The molecule has 3 rings (SSSR count). The molecule has 0 bridgehead atoms. The maximum absolute atomic E-state index is 12.5. The van der Waals surface area contributed by atoms with E-state index < -0.39 is 16.8 Å². The third kappa shape index (κ3) is 2.50. The molecule has 6 heteroatoms. The monoisotopic (exact) mass is 309 g/mol. The molecule has 0 aromatic heterocycles. The summed E-state index contributed by atoms with van der Waals surface area (Å²) in [5.74, 6) is -0.879. The maximum Gasteiger partial charge on any atom is 0.269 e. The summed E-state index contributed by atoms with van der Waals surface area (Å²) in [5.41, 5.74) is 2.55. The number of rotatable bonds is 2. The number of hydrogen-bond acceptors (Lipinski definition) is 5. The number of nitro groups is 1. The van der Waals surface area contributed by atoms with Crippen LogP contribution in [0.1, 0.15) is 31.2 Å². The van der Waals surface area contributed by atoms with Crippen LogP contribution in [0.2, 0.25) is 0 Å². The van der Waals surface area contributed by atoms with E-state index in [0.717, 1.165) is 5.70 Å². The number of allylic oxidation sites excluding steroid dienone is 4. The highest BCUT2D eigenvalue weighted by Crippen LogP contribution is 2.43. The predicted octanol–water partition coefficient (Wildman–Crippen LogP) is 2.94. The van der Waals surface area contributed by atoms with Gasteiger partial charge in [0.1, 0.15) is 5.78 Å². The van der Waals surface area contributed by atoms with E-state index in [0.29, 0.717) is 29.7 Å². The molecule has 0 radical (unpaired) electrons. The van der Waals surface area contributed by atoms with Crippen LogP contribution in [-0.2, 0) is 4.79 Å². The average Bonchev–Trinajstić information content (AvgIpc) is 2.54. The number of nitriles is 1. The third-order valence-corrected chi connectivity index (χ3v) is 4.38. The first kappa shape index (κ1) is 15.0. The molecule has 2 atom stereocenters. The first-order valence-corrected chi connectivity index (χ1v) is 7.38. The second-order valence-electron chi connectivity index (χ2n) is 5.75. The van der Waals surface area contributed by atoms with E-state index >= 15 is 0 Å². The Balaban J connectivity index is 2.18. The lowest BCUT2D eigenvalue weighted by Crippen LogP contribution is -2.38. The minimum atomic E-state index is -0.472. The largest absolute Gasteiger partial charge is 0.361 e. The molecule has 23 heavy (non-hydrogen) atoms. The van der Waals surface area contributed by atoms with Gasteiger partial charge in [0.15, 0.2) is 0 Å². The summed E-state index contributed by atoms with van der Waals surface area (Å²) >= 11 is 0. The molecule has 1 aliphatic carbocycles. The lowest BCUT2D eigenvalue weighted by Gasteiger charge is -2.36. The molecule has 0 saturated heterocycles. The number of fused-ring (bicyclic) bond motifs is 1. The molecule has 116 valence electrons. The number of hydrogen-bond donors (Lipinski definition) is 1. The van der Waals surface area contributed by atoms with E-state index in [2.05, 4.69) is 11.4 Å². The van der Waals surface area contributed by atoms with Crippen molar-refractivity contribution in [3.63, 3.8) is 0 Å². The Morgan fingerprint density at radius 1 is 1.39 bits per heavy atom. The highest BCUT2D eigenvalue weighted by atomic mass is 16.6. The van der Waals surface area contributed by atoms with Crippen LogP contribution in [0.15, 0.2) is 47.3 Å². The summed E-state index contributed by atoms with van der Waals surface area (Å²) in [7, 11) is 0. The summed E-state index contributed by atoms with van der Waals surface area (Å²) in [6.07, 6.45) is 3.08. The first-order valence-electron chi connectivity index (χ1n) is 7.38. The summed E-state index contributed by atoms with van der Waals surface area (Å²) < 4.78 is 0. The Morgan fingerprint density at radius 2 is 2.17 bits per heavy atom. The van der Waals surface area contributed by atoms with Crippen molar-refractivity contribution in [2.24, 2.45) is 5.92 Å². The van der Waals surface area contributed by atoms with Crippen LogP contribution in [-0.4, -0.2) is 10.7 Å². The van der Waals surface area contributed by atoms with E-state index in [1.54, 1.807) is 19.1 Å². The number of carbonyl (C=O) groups is 1. The van der Waals surface area contributed by atoms with Crippen LogP contribution < -0.4 is 5.32 Å². The molecule has 0 saturated carbocycles. The minimum Gasteiger partial charge on any atom is -0.361 e. The Morgan fingerprint density at radius 3 is 2.87 bits per heavy atom. The average molecular weight is 309 g/mol. The SMILES string of the molecule is CC1=C(C#N)C(c2cccc([N+](=O)[O-])c2)C2C(=O)CCC=C2N1. The smallest absolute Gasteiger partial charge is 0.269 e. The van der Waals surface area contributed by atoms with Crippen molar-refractivity contribution < 1.29 is 9.72 Å². The van der Waals surface area contributed by atoms with Gasteiger partial charge >= 0.3 is 0 Å². The lowest BCUT2D eigenvalue weighted by molar-refractivity contribution is -0.384. The topological polar surface area (TPSA) is 96.0 Å². The van der Waals surface area contributed by atoms with Gasteiger partial charge in [-0.25, -0.2) is 0 Å². The maximum atomic E-state index is 12.5. The normalized spacial score (nSPS) is 23.5. The molecule has 1 aromatic rings. The molecular formula is C17H15N3O3. The highest BCUT2D eigenvalue weighted by molar-refractivity contribution is 5.87. The zero-order valence-corrected chi connectivity index (χ0v) is 12.6.